The van der Waals surface area contributed by atoms with Crippen molar-refractivity contribution in [1.82, 2.24) is 4.98 Å². The summed E-state index contributed by atoms with van der Waals surface area (Å²) in [6.07, 6.45) is -4.41. The molecule has 0 aliphatic carbocycles. The smallest absolute Gasteiger partial charge is 0.369 e. The molecular weight excluding hydrogens is 299 g/mol. The third-order valence-corrected chi connectivity index (χ3v) is 3.67. The molecule has 1 saturated heterocycles. The number of primary amides is 1. The van der Waals surface area contributed by atoms with Gasteiger partial charge in [-0.05, 0) is 39.3 Å². The zero-order chi connectivity index (χ0) is 16.9. The first-order valence-electron chi connectivity index (χ1n) is 6.63. The number of alkyl halides is 3. The van der Waals surface area contributed by atoms with Crippen molar-refractivity contribution in [2.45, 2.75) is 38.9 Å². The Bertz CT molecular complexity index is 641. The largest absolute Gasteiger partial charge is 0.416 e. The van der Waals surface area contributed by atoms with E-state index in [4.69, 9.17) is 5.73 Å². The quantitative estimate of drug-likeness (QED) is 0.848. The molecule has 2 rings (SSSR count). The minimum absolute atomic E-state index is 0.119. The summed E-state index contributed by atoms with van der Waals surface area (Å²) in [7, 11) is 0. The molecule has 0 radical (unpaired) electrons. The third kappa shape index (κ3) is 2.77. The van der Waals surface area contributed by atoms with Crippen molar-refractivity contribution in [3.8, 4) is 0 Å². The summed E-state index contributed by atoms with van der Waals surface area (Å²) in [6, 6.07) is 1.72. The molecular formula is C14H16F3N3O2. The molecule has 5 nitrogen and oxygen atoms in total. The number of nitrogens with zero attached hydrogens (tertiary/aromatic N) is 2. The lowest BCUT2D eigenvalue weighted by atomic mass is 9.96. The molecule has 2 amide bonds. The van der Waals surface area contributed by atoms with E-state index in [0.29, 0.717) is 0 Å². The lowest BCUT2D eigenvalue weighted by Crippen LogP contribution is -2.42. The fourth-order valence-corrected chi connectivity index (χ4v) is 2.71. The molecule has 0 bridgehead atoms. The van der Waals surface area contributed by atoms with Crippen LogP contribution in [0.4, 0.5) is 19.0 Å². The molecule has 0 spiro atoms. The van der Waals surface area contributed by atoms with E-state index in [2.05, 4.69) is 4.98 Å². The minimum Gasteiger partial charge on any atom is -0.369 e. The van der Waals surface area contributed by atoms with E-state index < -0.39 is 35.0 Å². The Labute approximate surface area is 125 Å². The van der Waals surface area contributed by atoms with Gasteiger partial charge >= 0.3 is 6.18 Å². The fourth-order valence-electron chi connectivity index (χ4n) is 2.71. The van der Waals surface area contributed by atoms with Crippen LogP contribution in [0.5, 0.6) is 0 Å². The molecule has 2 heterocycles. The first-order chi connectivity index (χ1) is 9.93. The first kappa shape index (κ1) is 16.3. The van der Waals surface area contributed by atoms with Gasteiger partial charge in [0.1, 0.15) is 11.7 Å². The van der Waals surface area contributed by atoms with Crippen molar-refractivity contribution in [3.05, 3.63) is 23.4 Å². The van der Waals surface area contributed by atoms with E-state index in [1.54, 1.807) is 13.8 Å². The molecule has 2 N–H and O–H groups in total. The van der Waals surface area contributed by atoms with Crippen LogP contribution in [0.15, 0.2) is 12.1 Å². The summed E-state index contributed by atoms with van der Waals surface area (Å²) in [5, 5.41) is 0. The number of pyridine rings is 1. The molecule has 0 saturated carbocycles. The van der Waals surface area contributed by atoms with Crippen molar-refractivity contribution in [3.63, 3.8) is 0 Å². The summed E-state index contributed by atoms with van der Waals surface area (Å²) in [5.41, 5.74) is 3.59. The van der Waals surface area contributed by atoms with Crippen LogP contribution in [-0.4, -0.2) is 22.3 Å². The SMILES string of the molecule is Cc1cc(C(F)(F)F)cc(N2C(=O)C(C(N)=O)CC2(C)C)n1. The number of rotatable bonds is 2. The maximum atomic E-state index is 12.9. The molecule has 1 aliphatic heterocycles. The molecule has 1 unspecified atom stereocenters. The highest BCUT2D eigenvalue weighted by molar-refractivity contribution is 6.10. The van der Waals surface area contributed by atoms with Crippen LogP contribution in [0.1, 0.15) is 31.5 Å². The highest BCUT2D eigenvalue weighted by Crippen LogP contribution is 2.39. The summed E-state index contributed by atoms with van der Waals surface area (Å²) in [4.78, 5) is 28.8. The highest BCUT2D eigenvalue weighted by Gasteiger charge is 2.49. The van der Waals surface area contributed by atoms with E-state index in [1.165, 1.54) is 6.92 Å². The average molecular weight is 315 g/mol. The van der Waals surface area contributed by atoms with E-state index in [9.17, 15) is 22.8 Å². The zero-order valence-corrected chi connectivity index (χ0v) is 12.4. The number of anilines is 1. The highest BCUT2D eigenvalue weighted by atomic mass is 19.4. The molecule has 1 fully saturated rings. The molecule has 0 aromatic carbocycles. The predicted molar refractivity (Wildman–Crippen MR) is 72.8 cm³/mol. The van der Waals surface area contributed by atoms with Gasteiger partial charge in [-0.2, -0.15) is 13.2 Å². The molecule has 120 valence electrons. The monoisotopic (exact) mass is 315 g/mol. The van der Waals surface area contributed by atoms with Crippen LogP contribution in [0.25, 0.3) is 0 Å². The van der Waals surface area contributed by atoms with Gasteiger partial charge in [0.25, 0.3) is 0 Å². The van der Waals surface area contributed by atoms with Crippen LogP contribution in [-0.2, 0) is 15.8 Å². The maximum Gasteiger partial charge on any atom is 0.416 e. The lowest BCUT2D eigenvalue weighted by Gasteiger charge is -2.31. The second kappa shape index (κ2) is 4.96. The normalized spacial score (nSPS) is 21.3. The number of carbonyl (C=O) groups is 2. The van der Waals surface area contributed by atoms with Gasteiger partial charge in [0.05, 0.1) is 5.56 Å². The topological polar surface area (TPSA) is 76.3 Å². The van der Waals surface area contributed by atoms with Gasteiger partial charge < -0.3 is 5.73 Å². The van der Waals surface area contributed by atoms with Crippen molar-refractivity contribution < 1.29 is 22.8 Å². The third-order valence-electron chi connectivity index (χ3n) is 3.67. The molecule has 1 aromatic heterocycles. The number of carbonyl (C=O) groups excluding carboxylic acids is 2. The van der Waals surface area contributed by atoms with Gasteiger partial charge in [-0.15, -0.1) is 0 Å². The standard InChI is InChI=1S/C14H16F3N3O2/c1-7-4-8(14(15,16)17)5-10(19-7)20-12(22)9(11(18)21)6-13(20,2)3/h4-5,9H,6H2,1-3H3,(H2,18,21). The molecule has 22 heavy (non-hydrogen) atoms. The van der Waals surface area contributed by atoms with Gasteiger partial charge in [-0.3, -0.25) is 14.5 Å². The van der Waals surface area contributed by atoms with Crippen LogP contribution >= 0.6 is 0 Å². The van der Waals surface area contributed by atoms with Crippen molar-refractivity contribution in [2.24, 2.45) is 11.7 Å². The summed E-state index contributed by atoms with van der Waals surface area (Å²) in [6.45, 7) is 4.73. The second-order valence-electron chi connectivity index (χ2n) is 6.00. The maximum absolute atomic E-state index is 12.9. The Morgan fingerprint density at radius 1 is 1.41 bits per heavy atom. The number of amides is 2. The van der Waals surface area contributed by atoms with Crippen molar-refractivity contribution >= 4 is 17.6 Å². The van der Waals surface area contributed by atoms with E-state index in [0.717, 1.165) is 17.0 Å². The van der Waals surface area contributed by atoms with Crippen LogP contribution < -0.4 is 10.6 Å². The summed E-state index contributed by atoms with van der Waals surface area (Å²) < 4.78 is 38.8. The summed E-state index contributed by atoms with van der Waals surface area (Å²) in [5.74, 6) is -2.58. The van der Waals surface area contributed by atoms with Crippen molar-refractivity contribution in [1.29, 1.82) is 0 Å². The first-order valence-corrected chi connectivity index (χ1v) is 6.63. The number of hydrogen-bond acceptors (Lipinski definition) is 3. The minimum atomic E-state index is -4.54. The Hall–Kier alpha value is -2.12. The summed E-state index contributed by atoms with van der Waals surface area (Å²) >= 11 is 0. The average Bonchev–Trinajstić information content (AvgIpc) is 2.57. The molecule has 1 atom stereocenters. The van der Waals surface area contributed by atoms with Gasteiger partial charge in [0.15, 0.2) is 0 Å². The molecule has 1 aromatic rings. The number of hydrogen-bond donors (Lipinski definition) is 1. The van der Waals surface area contributed by atoms with Crippen LogP contribution in [0.2, 0.25) is 0 Å². The van der Waals surface area contributed by atoms with Crippen LogP contribution in [0.3, 0.4) is 0 Å². The predicted octanol–water partition coefficient (Wildman–Crippen LogP) is 2.03. The van der Waals surface area contributed by atoms with Gasteiger partial charge in [-0.1, -0.05) is 0 Å². The Morgan fingerprint density at radius 3 is 2.45 bits per heavy atom. The van der Waals surface area contributed by atoms with E-state index >= 15 is 0 Å². The van der Waals surface area contributed by atoms with Gasteiger partial charge in [0.2, 0.25) is 11.8 Å². The number of aryl methyl sites for hydroxylation is 1. The van der Waals surface area contributed by atoms with E-state index in [-0.39, 0.29) is 17.9 Å². The Morgan fingerprint density at radius 2 is 2.00 bits per heavy atom. The van der Waals surface area contributed by atoms with E-state index in [1.807, 2.05) is 0 Å². The van der Waals surface area contributed by atoms with Crippen LogP contribution in [0, 0.1) is 12.8 Å². The molecule has 1 aliphatic rings. The van der Waals surface area contributed by atoms with Gasteiger partial charge in [-0.25, -0.2) is 4.98 Å². The number of halogens is 3. The number of aromatic nitrogens is 1. The zero-order valence-electron chi connectivity index (χ0n) is 12.4. The Balaban J connectivity index is 2.53. The number of nitrogens with two attached hydrogens (primary N) is 1. The molecule has 8 heteroatoms. The lowest BCUT2D eigenvalue weighted by molar-refractivity contribution is -0.138. The Kier molecular flexibility index (Phi) is 3.67. The van der Waals surface area contributed by atoms with Gasteiger partial charge in [0, 0.05) is 11.2 Å². The van der Waals surface area contributed by atoms with Crippen molar-refractivity contribution in [2.75, 3.05) is 4.90 Å². The fraction of sp³-hybridized carbons (Fsp3) is 0.500. The second-order valence-corrected chi connectivity index (χ2v) is 6.00.